The van der Waals surface area contributed by atoms with Gasteiger partial charge >= 0.3 is 0 Å². The Hall–Kier alpha value is -2.54. The van der Waals surface area contributed by atoms with Gasteiger partial charge in [-0.1, -0.05) is 15.9 Å². The highest BCUT2D eigenvalue weighted by Gasteiger charge is 2.14. The zero-order chi connectivity index (χ0) is 18.4. The highest BCUT2D eigenvalue weighted by Crippen LogP contribution is 2.24. The van der Waals surface area contributed by atoms with Crippen LogP contribution in [0.4, 0.5) is 0 Å². The molecule has 0 aromatic heterocycles. The van der Waals surface area contributed by atoms with Gasteiger partial charge < -0.3 is 20.1 Å². The Morgan fingerprint density at radius 1 is 1.16 bits per heavy atom. The van der Waals surface area contributed by atoms with Crippen molar-refractivity contribution in [2.45, 2.75) is 6.54 Å². The molecule has 25 heavy (non-hydrogen) atoms. The Balaban J connectivity index is 2.07. The maximum absolute atomic E-state index is 12.6. The van der Waals surface area contributed by atoms with Crippen LogP contribution >= 0.6 is 15.9 Å². The molecule has 0 radical (unpaired) electrons. The zero-order valence-electron chi connectivity index (χ0n) is 14.0. The number of ether oxygens (including phenoxy) is 2. The molecule has 0 unspecified atom stereocenters. The highest BCUT2D eigenvalue weighted by molar-refractivity contribution is 9.10. The number of hydrogen-bond donors (Lipinski definition) is 1. The van der Waals surface area contributed by atoms with Crippen molar-refractivity contribution >= 4 is 27.7 Å². The number of halogens is 1. The van der Waals surface area contributed by atoms with Crippen LogP contribution in [0.3, 0.4) is 0 Å². The van der Waals surface area contributed by atoms with Gasteiger partial charge in [-0.25, -0.2) is 0 Å². The van der Waals surface area contributed by atoms with Crippen LogP contribution in [0.2, 0.25) is 0 Å². The van der Waals surface area contributed by atoms with E-state index in [1.807, 2.05) is 18.2 Å². The first-order chi connectivity index (χ1) is 11.9. The number of benzene rings is 2. The summed E-state index contributed by atoms with van der Waals surface area (Å²) in [6, 6.07) is 12.2. The molecule has 2 rings (SSSR count). The van der Waals surface area contributed by atoms with Gasteiger partial charge in [0.05, 0.1) is 7.11 Å². The smallest absolute Gasteiger partial charge is 0.255 e. The Morgan fingerprint density at radius 3 is 2.44 bits per heavy atom. The van der Waals surface area contributed by atoms with E-state index in [-0.39, 0.29) is 12.5 Å². The summed E-state index contributed by atoms with van der Waals surface area (Å²) in [7, 11) is 3.32. The third-order valence-corrected chi connectivity index (χ3v) is 3.97. The normalized spacial score (nSPS) is 10.2. The SMILES string of the molecule is COc1ccc(Br)cc1CN(C)C(=O)c1ccc(OCC(N)=O)cc1. The molecule has 2 amide bonds. The van der Waals surface area contributed by atoms with Crippen LogP contribution < -0.4 is 15.2 Å². The number of nitrogens with zero attached hydrogens (tertiary/aromatic N) is 1. The zero-order valence-corrected chi connectivity index (χ0v) is 15.6. The van der Waals surface area contributed by atoms with E-state index in [1.54, 1.807) is 43.3 Å². The lowest BCUT2D eigenvalue weighted by Crippen LogP contribution is -2.26. The lowest BCUT2D eigenvalue weighted by molar-refractivity contribution is -0.119. The number of amides is 2. The molecule has 0 saturated heterocycles. The molecule has 2 aromatic rings. The van der Waals surface area contributed by atoms with Crippen LogP contribution in [-0.2, 0) is 11.3 Å². The van der Waals surface area contributed by atoms with Crippen LogP contribution in [-0.4, -0.2) is 37.5 Å². The number of carbonyl (C=O) groups is 2. The highest BCUT2D eigenvalue weighted by atomic mass is 79.9. The number of hydrogen-bond acceptors (Lipinski definition) is 4. The fraction of sp³-hybridized carbons (Fsp3) is 0.222. The fourth-order valence-corrected chi connectivity index (χ4v) is 2.68. The fourth-order valence-electron chi connectivity index (χ4n) is 2.27. The van der Waals surface area contributed by atoms with Gasteiger partial charge in [-0.05, 0) is 42.5 Å². The molecule has 0 atom stereocenters. The summed E-state index contributed by atoms with van der Waals surface area (Å²) >= 11 is 3.42. The van der Waals surface area contributed by atoms with E-state index in [9.17, 15) is 9.59 Å². The standard InChI is InChI=1S/C18H19BrN2O4/c1-21(10-13-9-14(19)5-8-16(13)24-2)18(23)12-3-6-15(7-4-12)25-11-17(20)22/h3-9H,10-11H2,1-2H3,(H2,20,22). The Kier molecular flexibility index (Phi) is 6.41. The van der Waals surface area contributed by atoms with E-state index in [0.29, 0.717) is 17.9 Å². The average Bonchev–Trinajstić information content (AvgIpc) is 2.60. The molecular weight excluding hydrogens is 388 g/mol. The lowest BCUT2D eigenvalue weighted by Gasteiger charge is -2.19. The molecule has 0 bridgehead atoms. The van der Waals surface area contributed by atoms with Gasteiger partial charge in [0.2, 0.25) is 0 Å². The second-order valence-corrected chi connectivity index (χ2v) is 6.31. The molecule has 0 aliphatic carbocycles. The molecule has 2 aromatic carbocycles. The molecule has 2 N–H and O–H groups in total. The molecule has 0 saturated carbocycles. The summed E-state index contributed by atoms with van der Waals surface area (Å²) in [6.45, 7) is 0.206. The summed E-state index contributed by atoms with van der Waals surface area (Å²) in [6.07, 6.45) is 0. The first kappa shape index (κ1) is 18.8. The minimum atomic E-state index is -0.553. The summed E-state index contributed by atoms with van der Waals surface area (Å²) in [5.74, 6) is 0.510. The predicted molar refractivity (Wildman–Crippen MR) is 97.6 cm³/mol. The molecule has 132 valence electrons. The Morgan fingerprint density at radius 2 is 1.84 bits per heavy atom. The second kappa shape index (κ2) is 8.53. The van der Waals surface area contributed by atoms with Crippen molar-refractivity contribution in [3.05, 3.63) is 58.1 Å². The summed E-state index contributed by atoms with van der Waals surface area (Å²) in [5, 5.41) is 0. The van der Waals surface area contributed by atoms with Crippen LogP contribution in [0.25, 0.3) is 0 Å². The Labute approximate surface area is 154 Å². The van der Waals surface area contributed by atoms with Crippen molar-refractivity contribution in [2.75, 3.05) is 20.8 Å². The van der Waals surface area contributed by atoms with Crippen LogP contribution in [0.1, 0.15) is 15.9 Å². The first-order valence-electron chi connectivity index (χ1n) is 7.49. The van der Waals surface area contributed by atoms with Crippen molar-refractivity contribution in [1.82, 2.24) is 4.90 Å². The third-order valence-electron chi connectivity index (χ3n) is 3.48. The molecule has 0 fully saturated rings. The van der Waals surface area contributed by atoms with E-state index in [4.69, 9.17) is 15.2 Å². The monoisotopic (exact) mass is 406 g/mol. The van der Waals surface area contributed by atoms with Gasteiger partial charge in [0.15, 0.2) is 6.61 Å². The van der Waals surface area contributed by atoms with Gasteiger partial charge in [-0.3, -0.25) is 9.59 Å². The van der Waals surface area contributed by atoms with Crippen LogP contribution in [0.5, 0.6) is 11.5 Å². The first-order valence-corrected chi connectivity index (χ1v) is 8.29. The van der Waals surface area contributed by atoms with E-state index in [1.165, 1.54) is 0 Å². The average molecular weight is 407 g/mol. The number of rotatable bonds is 7. The maximum Gasteiger partial charge on any atom is 0.255 e. The molecular formula is C18H19BrN2O4. The topological polar surface area (TPSA) is 81.9 Å². The number of carbonyl (C=O) groups excluding carboxylic acids is 2. The number of nitrogens with two attached hydrogens (primary N) is 1. The summed E-state index contributed by atoms with van der Waals surface area (Å²) < 4.78 is 11.4. The predicted octanol–water partition coefficient (Wildman–Crippen LogP) is 2.59. The van der Waals surface area contributed by atoms with Crippen molar-refractivity contribution in [2.24, 2.45) is 5.73 Å². The molecule has 0 aliphatic heterocycles. The van der Waals surface area contributed by atoms with Crippen LogP contribution in [0, 0.1) is 0 Å². The molecule has 7 heteroatoms. The van der Waals surface area contributed by atoms with Gasteiger partial charge in [-0.15, -0.1) is 0 Å². The Bertz CT molecular complexity index is 762. The maximum atomic E-state index is 12.6. The van der Waals surface area contributed by atoms with Gasteiger partial charge in [0.25, 0.3) is 11.8 Å². The van der Waals surface area contributed by atoms with Gasteiger partial charge in [0, 0.05) is 29.2 Å². The lowest BCUT2D eigenvalue weighted by atomic mass is 10.1. The summed E-state index contributed by atoms with van der Waals surface area (Å²) in [5.41, 5.74) is 6.44. The minimum Gasteiger partial charge on any atom is -0.496 e. The van der Waals surface area contributed by atoms with Crippen LogP contribution in [0.15, 0.2) is 46.9 Å². The number of primary amides is 1. The summed E-state index contributed by atoms with van der Waals surface area (Å²) in [4.78, 5) is 24.9. The van der Waals surface area contributed by atoms with Crippen molar-refractivity contribution in [3.8, 4) is 11.5 Å². The van der Waals surface area contributed by atoms with E-state index in [2.05, 4.69) is 15.9 Å². The quantitative estimate of drug-likeness (QED) is 0.765. The van der Waals surface area contributed by atoms with Crippen molar-refractivity contribution in [3.63, 3.8) is 0 Å². The third kappa shape index (κ3) is 5.22. The van der Waals surface area contributed by atoms with E-state index in [0.717, 1.165) is 15.8 Å². The van der Waals surface area contributed by atoms with Crippen molar-refractivity contribution < 1.29 is 19.1 Å². The van der Waals surface area contributed by atoms with E-state index >= 15 is 0 Å². The largest absolute Gasteiger partial charge is 0.496 e. The van der Waals surface area contributed by atoms with Gasteiger partial charge in [-0.2, -0.15) is 0 Å². The minimum absolute atomic E-state index is 0.136. The molecule has 6 nitrogen and oxygen atoms in total. The van der Waals surface area contributed by atoms with Gasteiger partial charge in [0.1, 0.15) is 11.5 Å². The molecule has 0 heterocycles. The second-order valence-electron chi connectivity index (χ2n) is 5.40. The molecule has 0 aliphatic rings. The molecule has 0 spiro atoms. The van der Waals surface area contributed by atoms with Crippen molar-refractivity contribution in [1.29, 1.82) is 0 Å². The van der Waals surface area contributed by atoms with E-state index < -0.39 is 5.91 Å². The number of methoxy groups -OCH3 is 1.